The molecule has 1 N–H and O–H groups in total. The number of rotatable bonds is 4. The van der Waals surface area contributed by atoms with Crippen LogP contribution in [0.5, 0.6) is 0 Å². The van der Waals surface area contributed by atoms with Gasteiger partial charge in [0.05, 0.1) is 24.5 Å². The van der Waals surface area contributed by atoms with Gasteiger partial charge in [0.2, 0.25) is 5.91 Å². The molecule has 2 amide bonds. The van der Waals surface area contributed by atoms with E-state index in [1.165, 1.54) is 6.08 Å². The fourth-order valence-electron chi connectivity index (χ4n) is 2.67. The number of nitrogens with zero attached hydrogens (tertiary/aromatic N) is 1. The number of hydrogen-bond acceptors (Lipinski definition) is 3. The molecule has 26 heavy (non-hydrogen) atoms. The minimum Gasteiger partial charge on any atom is -0.378 e. The number of carbonyl (C=O) groups is 2. The summed E-state index contributed by atoms with van der Waals surface area (Å²) in [5, 5.41) is 3.34. The SMILES string of the molecule is O=C(C=Cc1ccccc1Cl)Nc1ccccc1C(=O)N1CCOCC1. The van der Waals surface area contributed by atoms with E-state index in [9.17, 15) is 9.59 Å². The highest BCUT2D eigenvalue weighted by molar-refractivity contribution is 6.32. The highest BCUT2D eigenvalue weighted by Crippen LogP contribution is 2.19. The Bertz CT molecular complexity index is 829. The van der Waals surface area contributed by atoms with Crippen molar-refractivity contribution in [2.45, 2.75) is 0 Å². The Kier molecular flexibility index (Phi) is 6.04. The zero-order valence-electron chi connectivity index (χ0n) is 14.2. The van der Waals surface area contributed by atoms with Crippen LogP contribution in [0.4, 0.5) is 5.69 Å². The van der Waals surface area contributed by atoms with Crippen molar-refractivity contribution in [1.82, 2.24) is 4.90 Å². The minimum atomic E-state index is -0.327. The van der Waals surface area contributed by atoms with Crippen LogP contribution in [-0.2, 0) is 9.53 Å². The molecule has 6 heteroatoms. The van der Waals surface area contributed by atoms with Gasteiger partial charge >= 0.3 is 0 Å². The number of carbonyl (C=O) groups excluding carboxylic acids is 2. The number of anilines is 1. The second-order valence-electron chi connectivity index (χ2n) is 5.79. The molecule has 0 radical (unpaired) electrons. The second kappa shape index (κ2) is 8.65. The lowest BCUT2D eigenvalue weighted by Gasteiger charge is -2.27. The Hall–Kier alpha value is -2.63. The maximum absolute atomic E-state index is 12.7. The number of ether oxygens (including phenoxy) is 1. The first-order chi connectivity index (χ1) is 12.6. The van der Waals surface area contributed by atoms with Crippen LogP contribution in [0.15, 0.2) is 54.6 Å². The normalized spacial score (nSPS) is 14.4. The van der Waals surface area contributed by atoms with E-state index in [2.05, 4.69) is 5.32 Å². The van der Waals surface area contributed by atoms with E-state index in [0.717, 1.165) is 5.56 Å². The number of halogens is 1. The summed E-state index contributed by atoms with van der Waals surface area (Å²) in [6.45, 7) is 2.16. The van der Waals surface area contributed by atoms with Gasteiger partial charge < -0.3 is 15.0 Å². The van der Waals surface area contributed by atoms with Gasteiger partial charge in [-0.25, -0.2) is 0 Å². The monoisotopic (exact) mass is 370 g/mol. The van der Waals surface area contributed by atoms with Gasteiger partial charge in [-0.05, 0) is 29.8 Å². The molecular formula is C20H19ClN2O3. The summed E-state index contributed by atoms with van der Waals surface area (Å²) in [6.07, 6.45) is 3.04. The molecule has 0 unspecified atom stereocenters. The lowest BCUT2D eigenvalue weighted by molar-refractivity contribution is -0.111. The Labute approximate surface area is 157 Å². The first-order valence-corrected chi connectivity index (χ1v) is 8.72. The van der Waals surface area contributed by atoms with Crippen molar-refractivity contribution in [1.29, 1.82) is 0 Å². The highest BCUT2D eigenvalue weighted by atomic mass is 35.5. The smallest absolute Gasteiger partial charge is 0.256 e. The first kappa shape index (κ1) is 18.2. The van der Waals surface area contributed by atoms with Crippen molar-refractivity contribution < 1.29 is 14.3 Å². The number of benzene rings is 2. The standard InChI is InChI=1S/C20H19ClN2O3/c21-17-7-3-1-5-15(17)9-10-19(24)22-18-8-4-2-6-16(18)20(25)23-11-13-26-14-12-23/h1-10H,11-14H2,(H,22,24). The second-order valence-corrected chi connectivity index (χ2v) is 6.20. The van der Waals surface area contributed by atoms with Gasteiger partial charge in [0.15, 0.2) is 0 Å². The zero-order valence-corrected chi connectivity index (χ0v) is 14.9. The largest absolute Gasteiger partial charge is 0.378 e. The molecule has 0 saturated carbocycles. The molecule has 3 rings (SSSR count). The Morgan fingerprint density at radius 3 is 2.50 bits per heavy atom. The lowest BCUT2D eigenvalue weighted by Crippen LogP contribution is -2.41. The van der Waals surface area contributed by atoms with Crippen LogP contribution in [-0.4, -0.2) is 43.0 Å². The van der Waals surface area contributed by atoms with Crippen molar-refractivity contribution in [2.24, 2.45) is 0 Å². The molecule has 1 heterocycles. The molecule has 1 saturated heterocycles. The summed E-state index contributed by atoms with van der Waals surface area (Å²) < 4.78 is 5.28. The van der Waals surface area contributed by atoms with Gasteiger partial charge in [-0.15, -0.1) is 0 Å². The highest BCUT2D eigenvalue weighted by Gasteiger charge is 2.21. The predicted octanol–water partition coefficient (Wildman–Crippen LogP) is 3.46. The summed E-state index contributed by atoms with van der Waals surface area (Å²) in [7, 11) is 0. The zero-order chi connectivity index (χ0) is 18.4. The average Bonchev–Trinajstić information content (AvgIpc) is 2.68. The fraction of sp³-hybridized carbons (Fsp3) is 0.200. The summed E-state index contributed by atoms with van der Waals surface area (Å²) >= 11 is 6.08. The molecule has 1 aliphatic rings. The van der Waals surface area contributed by atoms with Crippen LogP contribution in [0, 0.1) is 0 Å². The molecule has 1 fully saturated rings. The molecular weight excluding hydrogens is 352 g/mol. The van der Waals surface area contributed by atoms with E-state index in [0.29, 0.717) is 42.6 Å². The van der Waals surface area contributed by atoms with Crippen LogP contribution in [0.25, 0.3) is 6.08 Å². The van der Waals surface area contributed by atoms with Crippen molar-refractivity contribution in [3.05, 3.63) is 70.8 Å². The number of morpholine rings is 1. The molecule has 2 aromatic carbocycles. The molecule has 0 spiro atoms. The van der Waals surface area contributed by atoms with Crippen molar-refractivity contribution in [2.75, 3.05) is 31.6 Å². The summed E-state index contributed by atoms with van der Waals surface area (Å²) in [6, 6.07) is 14.2. The molecule has 0 aliphatic carbocycles. The number of hydrogen-bond donors (Lipinski definition) is 1. The van der Waals surface area contributed by atoms with Gasteiger partial charge in [0, 0.05) is 24.2 Å². The third-order valence-electron chi connectivity index (χ3n) is 4.03. The van der Waals surface area contributed by atoms with Crippen molar-refractivity contribution in [3.63, 3.8) is 0 Å². The van der Waals surface area contributed by atoms with Crippen LogP contribution >= 0.6 is 11.6 Å². The van der Waals surface area contributed by atoms with Gasteiger partial charge in [-0.2, -0.15) is 0 Å². The Balaban J connectivity index is 1.72. The quantitative estimate of drug-likeness (QED) is 0.838. The maximum atomic E-state index is 12.7. The van der Waals surface area contributed by atoms with Crippen molar-refractivity contribution in [3.8, 4) is 0 Å². The maximum Gasteiger partial charge on any atom is 0.256 e. The van der Waals surface area contributed by atoms with Crippen molar-refractivity contribution >= 4 is 35.2 Å². The van der Waals surface area contributed by atoms with Crippen LogP contribution in [0.2, 0.25) is 5.02 Å². The Morgan fingerprint density at radius 2 is 1.73 bits per heavy atom. The molecule has 5 nitrogen and oxygen atoms in total. The summed E-state index contributed by atoms with van der Waals surface area (Å²) in [4.78, 5) is 26.7. The Morgan fingerprint density at radius 1 is 1.04 bits per heavy atom. The van der Waals surface area contributed by atoms with E-state index in [1.807, 2.05) is 18.2 Å². The first-order valence-electron chi connectivity index (χ1n) is 8.35. The van der Waals surface area contributed by atoms with Gasteiger partial charge in [0.25, 0.3) is 5.91 Å². The molecule has 0 bridgehead atoms. The lowest BCUT2D eigenvalue weighted by atomic mass is 10.1. The number of nitrogens with one attached hydrogen (secondary N) is 1. The third-order valence-corrected chi connectivity index (χ3v) is 4.38. The fourth-order valence-corrected chi connectivity index (χ4v) is 2.86. The van der Waals surface area contributed by atoms with Gasteiger partial charge in [-0.3, -0.25) is 9.59 Å². The number of para-hydroxylation sites is 1. The number of amides is 2. The van der Waals surface area contributed by atoms with Crippen LogP contribution in [0.3, 0.4) is 0 Å². The van der Waals surface area contributed by atoms with E-state index in [4.69, 9.17) is 16.3 Å². The van der Waals surface area contributed by atoms with Gasteiger partial charge in [-0.1, -0.05) is 41.9 Å². The van der Waals surface area contributed by atoms with Crippen LogP contribution < -0.4 is 5.32 Å². The van der Waals surface area contributed by atoms with E-state index < -0.39 is 0 Å². The molecule has 2 aromatic rings. The van der Waals surface area contributed by atoms with E-state index in [1.54, 1.807) is 41.3 Å². The van der Waals surface area contributed by atoms with Gasteiger partial charge in [0.1, 0.15) is 0 Å². The average molecular weight is 371 g/mol. The van der Waals surface area contributed by atoms with E-state index >= 15 is 0 Å². The predicted molar refractivity (Wildman–Crippen MR) is 102 cm³/mol. The van der Waals surface area contributed by atoms with Crippen LogP contribution in [0.1, 0.15) is 15.9 Å². The topological polar surface area (TPSA) is 58.6 Å². The summed E-state index contributed by atoms with van der Waals surface area (Å²) in [5.41, 5.74) is 1.70. The summed E-state index contributed by atoms with van der Waals surface area (Å²) in [5.74, 6) is -0.438. The van der Waals surface area contributed by atoms with E-state index in [-0.39, 0.29) is 11.8 Å². The molecule has 0 atom stereocenters. The third kappa shape index (κ3) is 4.50. The molecule has 134 valence electrons. The molecule has 0 aromatic heterocycles. The molecule has 1 aliphatic heterocycles. The minimum absolute atomic E-state index is 0.112.